The number of halogens is 2. The highest BCUT2D eigenvalue weighted by molar-refractivity contribution is 7.92. The molecular weight excluding hydrogens is 477 g/mol. The zero-order valence-electron chi connectivity index (χ0n) is 17.7. The number of carbonyl (C=O) groups excluding carboxylic acids is 1. The van der Waals surface area contributed by atoms with Gasteiger partial charge >= 0.3 is 11.9 Å². The standard InChI is InChI=1S/C22H23Cl2NO6S/c1-12(2)9-18(21(26)27)25-19(20(22(28)31-3)32(25,29)30)15-6-4-5-13(10-15)14-7-8-16(23)17(24)11-14/h4-8,10-12,18-20H,9H2,1-3H3,(H,26,27)/t18-,19+,20-/m0/s1. The molecule has 1 heterocycles. The van der Waals surface area contributed by atoms with Crippen molar-refractivity contribution in [2.75, 3.05) is 7.11 Å². The summed E-state index contributed by atoms with van der Waals surface area (Å²) in [4.78, 5) is 24.4. The molecule has 2 aromatic carbocycles. The Hall–Kier alpha value is -2.13. The molecule has 0 bridgehead atoms. The maximum Gasteiger partial charge on any atom is 0.327 e. The number of nitrogens with zero attached hydrogens (tertiary/aromatic N) is 1. The van der Waals surface area contributed by atoms with Gasteiger partial charge in [-0.1, -0.05) is 61.3 Å². The SMILES string of the molecule is COC(=O)[C@@H]1[C@@H](c2cccc(-c3ccc(Cl)c(Cl)c3)c2)N([C@@H](CC(C)C)C(=O)O)S1(=O)=O. The van der Waals surface area contributed by atoms with E-state index in [0.29, 0.717) is 21.2 Å². The molecule has 2 aromatic rings. The summed E-state index contributed by atoms with van der Waals surface area (Å²) in [6.45, 7) is 3.61. The molecule has 0 amide bonds. The van der Waals surface area contributed by atoms with E-state index in [-0.39, 0.29) is 12.3 Å². The van der Waals surface area contributed by atoms with Crippen molar-refractivity contribution < 1.29 is 27.9 Å². The van der Waals surface area contributed by atoms with Gasteiger partial charge in [0.1, 0.15) is 6.04 Å². The van der Waals surface area contributed by atoms with E-state index in [1.54, 1.807) is 56.3 Å². The molecule has 1 saturated heterocycles. The van der Waals surface area contributed by atoms with Gasteiger partial charge < -0.3 is 9.84 Å². The lowest BCUT2D eigenvalue weighted by molar-refractivity contribution is -0.148. The second kappa shape index (κ2) is 9.39. The molecule has 1 N–H and O–H groups in total. The predicted molar refractivity (Wildman–Crippen MR) is 122 cm³/mol. The maximum atomic E-state index is 13.0. The number of carboxylic acid groups (broad SMARTS) is 1. The number of hydrogen-bond acceptors (Lipinski definition) is 5. The van der Waals surface area contributed by atoms with E-state index < -0.39 is 39.3 Å². The second-order valence-electron chi connectivity index (χ2n) is 8.00. The van der Waals surface area contributed by atoms with Crippen LogP contribution in [-0.2, 0) is 24.3 Å². The molecule has 3 rings (SSSR count). The highest BCUT2D eigenvalue weighted by Gasteiger charge is 2.62. The quantitative estimate of drug-likeness (QED) is 0.566. The average Bonchev–Trinajstić information content (AvgIpc) is 2.73. The van der Waals surface area contributed by atoms with Gasteiger partial charge in [-0.25, -0.2) is 8.42 Å². The fourth-order valence-corrected chi connectivity index (χ4v) is 6.33. The zero-order valence-corrected chi connectivity index (χ0v) is 20.0. The van der Waals surface area contributed by atoms with Crippen molar-refractivity contribution in [3.05, 3.63) is 58.1 Å². The molecule has 0 spiro atoms. The Morgan fingerprint density at radius 3 is 2.31 bits per heavy atom. The number of hydrogen-bond donors (Lipinski definition) is 1. The van der Waals surface area contributed by atoms with Gasteiger partial charge in [-0.15, -0.1) is 0 Å². The topological polar surface area (TPSA) is 101 Å². The predicted octanol–water partition coefficient (Wildman–Crippen LogP) is 4.39. The van der Waals surface area contributed by atoms with E-state index in [0.717, 1.165) is 17.0 Å². The Kier molecular flexibility index (Phi) is 7.19. The van der Waals surface area contributed by atoms with E-state index in [1.807, 2.05) is 0 Å². The largest absolute Gasteiger partial charge is 0.480 e. The zero-order chi connectivity index (χ0) is 23.8. The number of aliphatic carboxylic acids is 1. The van der Waals surface area contributed by atoms with Crippen LogP contribution in [-0.4, -0.2) is 48.2 Å². The van der Waals surface area contributed by atoms with Crippen LogP contribution in [0.4, 0.5) is 0 Å². The monoisotopic (exact) mass is 499 g/mol. The Labute approximate surface area is 196 Å². The smallest absolute Gasteiger partial charge is 0.327 e. The molecule has 1 fully saturated rings. The Balaban J connectivity index is 2.11. The lowest BCUT2D eigenvalue weighted by atomic mass is 9.95. The molecule has 3 atom stereocenters. The van der Waals surface area contributed by atoms with Crippen molar-refractivity contribution >= 4 is 45.2 Å². The molecule has 7 nitrogen and oxygen atoms in total. The van der Waals surface area contributed by atoms with Crippen molar-refractivity contribution in [2.45, 2.75) is 37.6 Å². The van der Waals surface area contributed by atoms with Gasteiger partial charge in [-0.2, -0.15) is 4.31 Å². The normalized spacial score (nSPS) is 21.1. The number of ether oxygens (including phenoxy) is 1. The molecule has 0 saturated carbocycles. The number of sulfonamides is 1. The molecule has 10 heteroatoms. The molecule has 0 radical (unpaired) electrons. The minimum atomic E-state index is -4.21. The summed E-state index contributed by atoms with van der Waals surface area (Å²) in [6.07, 6.45) is 0.103. The molecule has 172 valence electrons. The summed E-state index contributed by atoms with van der Waals surface area (Å²) in [5.74, 6) is -2.28. The Morgan fingerprint density at radius 1 is 1.09 bits per heavy atom. The second-order valence-corrected chi connectivity index (χ2v) is 10.8. The maximum absolute atomic E-state index is 13.0. The first-order valence-electron chi connectivity index (χ1n) is 9.87. The van der Waals surface area contributed by atoms with E-state index in [9.17, 15) is 23.1 Å². The summed E-state index contributed by atoms with van der Waals surface area (Å²) >= 11 is 12.1. The third-order valence-electron chi connectivity index (χ3n) is 5.38. The van der Waals surface area contributed by atoms with Crippen LogP contribution >= 0.6 is 23.2 Å². The van der Waals surface area contributed by atoms with Crippen LogP contribution in [0, 0.1) is 5.92 Å². The molecule has 32 heavy (non-hydrogen) atoms. The molecule has 0 unspecified atom stereocenters. The highest BCUT2D eigenvalue weighted by Crippen LogP contribution is 2.46. The summed E-state index contributed by atoms with van der Waals surface area (Å²) in [5, 5.41) is 9.01. The molecule has 1 aliphatic rings. The van der Waals surface area contributed by atoms with Crippen LogP contribution in [0.15, 0.2) is 42.5 Å². The first kappa shape index (κ1) is 24.5. The first-order valence-corrected chi connectivity index (χ1v) is 12.1. The lowest BCUT2D eigenvalue weighted by Crippen LogP contribution is -2.66. The van der Waals surface area contributed by atoms with Crippen LogP contribution in [0.5, 0.6) is 0 Å². The number of carbonyl (C=O) groups is 2. The van der Waals surface area contributed by atoms with E-state index in [4.69, 9.17) is 27.9 Å². The van der Waals surface area contributed by atoms with Crippen LogP contribution < -0.4 is 0 Å². The highest BCUT2D eigenvalue weighted by atomic mass is 35.5. The van der Waals surface area contributed by atoms with Crippen molar-refractivity contribution in [3.8, 4) is 11.1 Å². The number of carboxylic acids is 1. The van der Waals surface area contributed by atoms with Gasteiger partial charge in [0.15, 0.2) is 5.25 Å². The number of rotatable bonds is 7. The molecule has 0 aliphatic carbocycles. The van der Waals surface area contributed by atoms with Crippen molar-refractivity contribution in [1.82, 2.24) is 4.31 Å². The first-order chi connectivity index (χ1) is 15.0. The van der Waals surface area contributed by atoms with Crippen molar-refractivity contribution in [1.29, 1.82) is 0 Å². The fraction of sp³-hybridized carbons (Fsp3) is 0.364. The number of benzene rings is 2. The van der Waals surface area contributed by atoms with Gasteiger partial charge in [0.2, 0.25) is 10.0 Å². The lowest BCUT2D eigenvalue weighted by Gasteiger charge is -2.48. The van der Waals surface area contributed by atoms with E-state index in [1.165, 1.54) is 0 Å². The fourth-order valence-electron chi connectivity index (χ4n) is 3.92. The van der Waals surface area contributed by atoms with Crippen LogP contribution in [0.3, 0.4) is 0 Å². The van der Waals surface area contributed by atoms with Crippen LogP contribution in [0.2, 0.25) is 10.0 Å². The summed E-state index contributed by atoms with van der Waals surface area (Å²) in [7, 11) is -3.11. The van der Waals surface area contributed by atoms with Crippen LogP contribution in [0.1, 0.15) is 31.9 Å². The van der Waals surface area contributed by atoms with E-state index >= 15 is 0 Å². The third kappa shape index (κ3) is 4.50. The average molecular weight is 500 g/mol. The number of methoxy groups -OCH3 is 1. The summed E-state index contributed by atoms with van der Waals surface area (Å²) in [6, 6.07) is 9.67. The number of esters is 1. The van der Waals surface area contributed by atoms with Crippen LogP contribution in [0.25, 0.3) is 11.1 Å². The Bertz CT molecular complexity index is 1150. The Morgan fingerprint density at radius 2 is 1.75 bits per heavy atom. The summed E-state index contributed by atoms with van der Waals surface area (Å²) in [5.41, 5.74) is 1.93. The minimum absolute atomic E-state index is 0.0772. The molecule has 1 aliphatic heterocycles. The van der Waals surface area contributed by atoms with Crippen molar-refractivity contribution in [2.24, 2.45) is 5.92 Å². The van der Waals surface area contributed by atoms with Crippen molar-refractivity contribution in [3.63, 3.8) is 0 Å². The van der Waals surface area contributed by atoms with Gasteiger partial charge in [0.05, 0.1) is 23.2 Å². The van der Waals surface area contributed by atoms with E-state index in [2.05, 4.69) is 0 Å². The minimum Gasteiger partial charge on any atom is -0.480 e. The van der Waals surface area contributed by atoms with Gasteiger partial charge in [-0.05, 0) is 47.2 Å². The molecule has 0 aromatic heterocycles. The summed E-state index contributed by atoms with van der Waals surface area (Å²) < 4.78 is 31.7. The van der Waals surface area contributed by atoms with Gasteiger partial charge in [-0.3, -0.25) is 9.59 Å². The third-order valence-corrected chi connectivity index (χ3v) is 8.28. The van der Waals surface area contributed by atoms with Gasteiger partial charge in [0.25, 0.3) is 0 Å². The molecular formula is C22H23Cl2NO6S. The van der Waals surface area contributed by atoms with Gasteiger partial charge in [0, 0.05) is 0 Å².